The summed E-state index contributed by atoms with van der Waals surface area (Å²) >= 11 is 4.25. The van der Waals surface area contributed by atoms with E-state index in [1.807, 2.05) is 6.92 Å². The van der Waals surface area contributed by atoms with E-state index in [1.54, 1.807) is 6.07 Å². The molecular weight excluding hydrogens is 276 g/mol. The molecule has 0 saturated carbocycles. The van der Waals surface area contributed by atoms with Crippen LogP contribution in [0.1, 0.15) is 6.92 Å². The second-order valence-corrected chi connectivity index (χ2v) is 1.80. The van der Waals surface area contributed by atoms with Gasteiger partial charge in [0.2, 0.25) is 0 Å². The quantitative estimate of drug-likeness (QED) is 0.599. The Bertz CT molecular complexity index is 203. The Morgan fingerprint density at radius 2 is 2.25 bits per heavy atom. The SMILES string of the molecule is CCOc1[c-]cc(F)cc1.[Zn+][Br]. The van der Waals surface area contributed by atoms with E-state index in [1.165, 1.54) is 28.5 Å². The van der Waals surface area contributed by atoms with Gasteiger partial charge in [0, 0.05) is 11.6 Å². The first-order chi connectivity index (χ1) is 5.83. The number of halogens is 2. The molecule has 0 spiro atoms. The summed E-state index contributed by atoms with van der Waals surface area (Å²) in [6.45, 7) is 2.46. The van der Waals surface area contributed by atoms with Crippen LogP contribution in [0.4, 0.5) is 4.39 Å². The summed E-state index contributed by atoms with van der Waals surface area (Å²) in [4.78, 5) is 0. The van der Waals surface area contributed by atoms with Gasteiger partial charge in [0.1, 0.15) is 0 Å². The fourth-order valence-corrected chi connectivity index (χ4v) is 0.637. The molecule has 0 saturated heterocycles. The van der Waals surface area contributed by atoms with Crippen molar-refractivity contribution in [2.24, 2.45) is 0 Å². The van der Waals surface area contributed by atoms with E-state index < -0.39 is 0 Å². The van der Waals surface area contributed by atoms with Gasteiger partial charge in [0.15, 0.2) is 0 Å². The Hall–Kier alpha value is 0.0534. The van der Waals surface area contributed by atoms with E-state index in [9.17, 15) is 4.39 Å². The zero-order valence-electron chi connectivity index (χ0n) is 6.81. The predicted molar refractivity (Wildman–Crippen MR) is 45.3 cm³/mol. The molecule has 0 aliphatic heterocycles. The summed E-state index contributed by atoms with van der Waals surface area (Å²) in [5.41, 5.74) is 0. The van der Waals surface area contributed by atoms with E-state index in [-0.39, 0.29) is 5.82 Å². The maximum atomic E-state index is 12.2. The number of hydrogen-bond acceptors (Lipinski definition) is 1. The minimum absolute atomic E-state index is 0.288. The van der Waals surface area contributed by atoms with Crippen LogP contribution < -0.4 is 4.74 Å². The Kier molecular flexibility index (Phi) is 7.72. The molecule has 1 nitrogen and oxygen atoms in total. The van der Waals surface area contributed by atoms with Crippen LogP contribution >= 0.6 is 13.6 Å². The first-order valence-electron chi connectivity index (χ1n) is 3.39. The summed E-state index contributed by atoms with van der Waals surface area (Å²) < 4.78 is 17.3. The zero-order valence-corrected chi connectivity index (χ0v) is 11.4. The fourth-order valence-electron chi connectivity index (χ4n) is 0.637. The molecule has 1 rings (SSSR count). The van der Waals surface area contributed by atoms with Crippen LogP contribution in [-0.4, -0.2) is 6.61 Å². The third kappa shape index (κ3) is 4.84. The zero-order chi connectivity index (χ0) is 9.40. The Morgan fingerprint density at radius 1 is 1.58 bits per heavy atom. The van der Waals surface area contributed by atoms with Gasteiger partial charge in [-0.15, -0.1) is 24.3 Å². The molecule has 0 aromatic heterocycles. The molecule has 0 aliphatic carbocycles. The maximum absolute atomic E-state index is 12.2. The Morgan fingerprint density at radius 3 is 2.67 bits per heavy atom. The molecule has 0 amide bonds. The van der Waals surface area contributed by atoms with Crippen molar-refractivity contribution in [3.63, 3.8) is 0 Å². The van der Waals surface area contributed by atoms with Gasteiger partial charge in [-0.25, -0.2) is 0 Å². The Balaban J connectivity index is 0.000000561. The molecule has 62 valence electrons. The van der Waals surface area contributed by atoms with E-state index in [0.29, 0.717) is 12.4 Å². The molecule has 0 atom stereocenters. The van der Waals surface area contributed by atoms with Crippen LogP contribution in [0.15, 0.2) is 18.2 Å². The van der Waals surface area contributed by atoms with E-state index in [4.69, 9.17) is 4.74 Å². The molecule has 0 unspecified atom stereocenters. The molecule has 0 aliphatic rings. The van der Waals surface area contributed by atoms with Gasteiger partial charge < -0.3 is 4.74 Å². The molecule has 0 N–H and O–H groups in total. The van der Waals surface area contributed by atoms with E-state index in [2.05, 4.69) is 19.7 Å². The monoisotopic (exact) mass is 282 g/mol. The first kappa shape index (κ1) is 12.1. The summed E-state index contributed by atoms with van der Waals surface area (Å²) in [5.74, 6) is 0.298. The van der Waals surface area contributed by atoms with Crippen molar-refractivity contribution in [1.29, 1.82) is 0 Å². The third-order valence-electron chi connectivity index (χ3n) is 1.05. The number of ether oxygens (including phenoxy) is 1. The second kappa shape index (κ2) is 7.69. The number of benzene rings is 1. The van der Waals surface area contributed by atoms with Crippen molar-refractivity contribution in [1.82, 2.24) is 0 Å². The first-order valence-corrected chi connectivity index (χ1v) is 10.3. The number of rotatable bonds is 2. The third-order valence-corrected chi connectivity index (χ3v) is 1.05. The van der Waals surface area contributed by atoms with Crippen LogP contribution in [0.5, 0.6) is 5.75 Å². The topological polar surface area (TPSA) is 9.23 Å². The van der Waals surface area contributed by atoms with Crippen molar-refractivity contribution in [3.05, 3.63) is 30.1 Å². The van der Waals surface area contributed by atoms with E-state index in [0.717, 1.165) is 0 Å². The average Bonchev–Trinajstić information content (AvgIpc) is 2.13. The summed E-state index contributed by atoms with van der Waals surface area (Å²) in [5, 5.41) is 0. The van der Waals surface area contributed by atoms with Gasteiger partial charge in [-0.3, -0.25) is 4.39 Å². The van der Waals surface area contributed by atoms with E-state index >= 15 is 0 Å². The fraction of sp³-hybridized carbons (Fsp3) is 0.250. The molecule has 1 aromatic rings. The molecule has 4 heteroatoms. The normalized spacial score (nSPS) is 8.42. The van der Waals surface area contributed by atoms with Gasteiger partial charge >= 0.3 is 30.0 Å². The van der Waals surface area contributed by atoms with Crippen molar-refractivity contribution >= 4 is 13.6 Å². The van der Waals surface area contributed by atoms with Gasteiger partial charge in [-0.1, -0.05) is 0 Å². The molecule has 0 fully saturated rings. The molecular formula is C8H8BrFOZn. The van der Waals surface area contributed by atoms with Crippen molar-refractivity contribution in [2.45, 2.75) is 6.92 Å². The predicted octanol–water partition coefficient (Wildman–Crippen LogP) is 2.87. The van der Waals surface area contributed by atoms with Crippen LogP contribution in [0, 0.1) is 11.9 Å². The average molecular weight is 284 g/mol. The van der Waals surface area contributed by atoms with Crippen molar-refractivity contribution < 1.29 is 25.5 Å². The molecule has 12 heavy (non-hydrogen) atoms. The van der Waals surface area contributed by atoms with Crippen LogP contribution in [0.2, 0.25) is 0 Å². The Labute approximate surface area is 88.3 Å². The van der Waals surface area contributed by atoms with Crippen LogP contribution in [-0.2, 0) is 16.3 Å². The molecule has 0 heterocycles. The van der Waals surface area contributed by atoms with Gasteiger partial charge in [0.25, 0.3) is 0 Å². The van der Waals surface area contributed by atoms with Crippen molar-refractivity contribution in [2.75, 3.05) is 6.61 Å². The van der Waals surface area contributed by atoms with Crippen molar-refractivity contribution in [3.8, 4) is 5.75 Å². The standard InChI is InChI=1S/C8H8FO.BrH.Zn/c1-2-10-8-5-3-7(9)4-6-8;;/h3-5H,2H2,1H3;1H;/q-1;;+2/p-1. The van der Waals surface area contributed by atoms with Gasteiger partial charge in [-0.2, -0.15) is 0 Å². The molecule has 0 bridgehead atoms. The summed E-state index contributed by atoms with van der Waals surface area (Å²) in [7, 11) is 0. The summed E-state index contributed by atoms with van der Waals surface area (Å²) in [6, 6.07) is 6.80. The second-order valence-electron chi connectivity index (χ2n) is 1.80. The number of hydrogen-bond donors (Lipinski definition) is 0. The van der Waals surface area contributed by atoms with Gasteiger partial charge in [0.05, 0.1) is 6.61 Å². The minimum atomic E-state index is -0.288. The van der Waals surface area contributed by atoms with Gasteiger partial charge in [-0.05, 0) is 6.92 Å². The summed E-state index contributed by atoms with van der Waals surface area (Å²) in [6.07, 6.45) is 0. The van der Waals surface area contributed by atoms with Crippen LogP contribution in [0.25, 0.3) is 0 Å². The van der Waals surface area contributed by atoms with Crippen LogP contribution in [0.3, 0.4) is 0 Å². The molecule has 0 radical (unpaired) electrons. The molecule has 1 aromatic carbocycles.